The summed E-state index contributed by atoms with van der Waals surface area (Å²) in [6.07, 6.45) is 0.178. The maximum atomic E-state index is 13.1. The number of amides is 2. The fraction of sp³-hybridized carbons (Fsp3) is 0.261. The van der Waals surface area contributed by atoms with Gasteiger partial charge in [-0.2, -0.15) is 0 Å². The van der Waals surface area contributed by atoms with Crippen molar-refractivity contribution in [2.24, 2.45) is 5.92 Å². The maximum absolute atomic E-state index is 13.1. The monoisotopic (exact) mass is 389 g/mol. The maximum Gasteiger partial charge on any atom is 0.233 e. The molecule has 6 nitrogen and oxygen atoms in total. The molecule has 2 amide bonds. The Morgan fingerprint density at radius 3 is 2.72 bits per heavy atom. The zero-order valence-corrected chi connectivity index (χ0v) is 16.5. The molecule has 6 heteroatoms. The second kappa shape index (κ2) is 7.91. The van der Waals surface area contributed by atoms with E-state index in [1.165, 1.54) is 0 Å². The molecule has 0 radical (unpaired) electrons. The zero-order chi connectivity index (χ0) is 20.4. The molecule has 0 spiro atoms. The number of fused-ring (bicyclic) bond motifs is 1. The number of ether oxygens (including phenoxy) is 1. The quantitative estimate of drug-likeness (QED) is 0.668. The van der Waals surface area contributed by atoms with E-state index in [0.29, 0.717) is 30.4 Å². The van der Waals surface area contributed by atoms with Gasteiger partial charge in [-0.1, -0.05) is 30.3 Å². The van der Waals surface area contributed by atoms with Gasteiger partial charge in [0.05, 0.1) is 23.7 Å². The molecule has 0 saturated carbocycles. The molecule has 0 bridgehead atoms. The van der Waals surface area contributed by atoms with Crippen molar-refractivity contribution in [3.8, 4) is 5.75 Å². The van der Waals surface area contributed by atoms with Crippen molar-refractivity contribution in [2.75, 3.05) is 30.0 Å². The van der Waals surface area contributed by atoms with Crippen molar-refractivity contribution in [1.82, 2.24) is 4.98 Å². The summed E-state index contributed by atoms with van der Waals surface area (Å²) in [7, 11) is 1.71. The number of aromatic nitrogens is 1. The molecule has 1 aromatic heterocycles. The average molecular weight is 389 g/mol. The van der Waals surface area contributed by atoms with Gasteiger partial charge in [0.25, 0.3) is 0 Å². The van der Waals surface area contributed by atoms with Crippen LogP contribution < -0.4 is 14.5 Å². The molecule has 2 aromatic carbocycles. The van der Waals surface area contributed by atoms with Gasteiger partial charge >= 0.3 is 0 Å². The Kier molecular flexibility index (Phi) is 5.16. The molecule has 1 fully saturated rings. The predicted molar refractivity (Wildman–Crippen MR) is 113 cm³/mol. The summed E-state index contributed by atoms with van der Waals surface area (Å²) in [5.41, 5.74) is 1.54. The van der Waals surface area contributed by atoms with Gasteiger partial charge in [-0.3, -0.25) is 14.5 Å². The highest BCUT2D eigenvalue weighted by Gasteiger charge is 2.38. The highest BCUT2D eigenvalue weighted by Crippen LogP contribution is 2.34. The molecular weight excluding hydrogens is 366 g/mol. The van der Waals surface area contributed by atoms with Crippen LogP contribution in [0.5, 0.6) is 5.75 Å². The minimum atomic E-state index is -0.421. The molecule has 1 aliphatic heterocycles. The van der Waals surface area contributed by atoms with Crippen LogP contribution in [0.4, 0.5) is 11.5 Å². The number of anilines is 2. The Hall–Kier alpha value is -3.41. The standard InChI is InChI=1S/C23H23N3O3/c1-3-29-20-11-7-6-10-19(20)26-15-17(14-22(26)27)23(28)25(2)21-13-12-16-8-4-5-9-18(16)24-21/h4-13,17H,3,14-15H2,1-2H3/t17-/m0/s1. The van der Waals surface area contributed by atoms with E-state index in [9.17, 15) is 9.59 Å². The lowest BCUT2D eigenvalue weighted by molar-refractivity contribution is -0.124. The van der Waals surface area contributed by atoms with E-state index < -0.39 is 5.92 Å². The molecule has 148 valence electrons. The van der Waals surface area contributed by atoms with E-state index >= 15 is 0 Å². The molecule has 0 N–H and O–H groups in total. The fourth-order valence-electron chi connectivity index (χ4n) is 3.69. The number of rotatable bonds is 5. The number of nitrogens with zero attached hydrogens (tertiary/aromatic N) is 3. The summed E-state index contributed by atoms with van der Waals surface area (Å²) in [6.45, 7) is 2.75. The van der Waals surface area contributed by atoms with E-state index in [-0.39, 0.29) is 18.2 Å². The number of para-hydroxylation sites is 3. The molecule has 1 saturated heterocycles. The Labute approximate surface area is 169 Å². The van der Waals surface area contributed by atoms with Crippen LogP contribution in [0.15, 0.2) is 60.7 Å². The summed E-state index contributed by atoms with van der Waals surface area (Å²) < 4.78 is 5.65. The molecule has 2 heterocycles. The highest BCUT2D eigenvalue weighted by molar-refractivity contribution is 6.04. The normalized spacial score (nSPS) is 16.3. The van der Waals surface area contributed by atoms with Crippen LogP contribution in [-0.4, -0.2) is 37.0 Å². The third-order valence-corrected chi connectivity index (χ3v) is 5.19. The number of hydrogen-bond acceptors (Lipinski definition) is 4. The first kappa shape index (κ1) is 18.9. The predicted octanol–water partition coefficient (Wildman–Crippen LogP) is 3.65. The lowest BCUT2D eigenvalue weighted by Crippen LogP contribution is -2.35. The Balaban J connectivity index is 1.54. The summed E-state index contributed by atoms with van der Waals surface area (Å²) in [4.78, 5) is 33.5. The molecule has 1 aliphatic rings. The number of carbonyl (C=O) groups excluding carboxylic acids is 2. The van der Waals surface area contributed by atoms with E-state index in [1.54, 1.807) is 16.8 Å². The highest BCUT2D eigenvalue weighted by atomic mass is 16.5. The molecule has 1 atom stereocenters. The number of carbonyl (C=O) groups is 2. The fourth-order valence-corrected chi connectivity index (χ4v) is 3.69. The number of pyridine rings is 1. The topological polar surface area (TPSA) is 62.7 Å². The lowest BCUT2D eigenvalue weighted by Gasteiger charge is -2.22. The van der Waals surface area contributed by atoms with Crippen molar-refractivity contribution in [2.45, 2.75) is 13.3 Å². The van der Waals surface area contributed by atoms with Crippen LogP contribution in [-0.2, 0) is 9.59 Å². The van der Waals surface area contributed by atoms with Crippen molar-refractivity contribution < 1.29 is 14.3 Å². The van der Waals surface area contributed by atoms with Gasteiger partial charge in [-0.15, -0.1) is 0 Å². The van der Waals surface area contributed by atoms with Gasteiger partial charge in [0.1, 0.15) is 11.6 Å². The van der Waals surface area contributed by atoms with Gasteiger partial charge in [0, 0.05) is 25.4 Å². The Morgan fingerprint density at radius 1 is 1.14 bits per heavy atom. The first-order valence-electron chi connectivity index (χ1n) is 9.74. The SMILES string of the molecule is CCOc1ccccc1N1C[C@@H](C(=O)N(C)c2ccc3ccccc3n2)CC1=O. The van der Waals surface area contributed by atoms with Crippen LogP contribution in [0, 0.1) is 5.92 Å². The van der Waals surface area contributed by atoms with Crippen LogP contribution in [0.1, 0.15) is 13.3 Å². The molecule has 0 unspecified atom stereocenters. The van der Waals surface area contributed by atoms with Gasteiger partial charge in [-0.25, -0.2) is 4.98 Å². The summed E-state index contributed by atoms with van der Waals surface area (Å²) in [5, 5.41) is 1.02. The minimum absolute atomic E-state index is 0.0737. The minimum Gasteiger partial charge on any atom is -0.492 e. The third-order valence-electron chi connectivity index (χ3n) is 5.19. The van der Waals surface area contributed by atoms with E-state index in [1.807, 2.05) is 67.6 Å². The summed E-state index contributed by atoms with van der Waals surface area (Å²) in [5.74, 6) is 0.624. The molecule has 4 rings (SSSR count). The second-order valence-electron chi connectivity index (χ2n) is 7.07. The van der Waals surface area contributed by atoms with Gasteiger partial charge in [0.2, 0.25) is 11.8 Å². The number of benzene rings is 2. The first-order chi connectivity index (χ1) is 14.1. The summed E-state index contributed by atoms with van der Waals surface area (Å²) in [6, 6.07) is 19.0. The molecular formula is C23H23N3O3. The van der Waals surface area contributed by atoms with Gasteiger partial charge in [-0.05, 0) is 37.3 Å². The third kappa shape index (κ3) is 3.66. The van der Waals surface area contributed by atoms with Crippen molar-refractivity contribution >= 4 is 34.2 Å². The van der Waals surface area contributed by atoms with E-state index in [2.05, 4.69) is 4.98 Å². The van der Waals surface area contributed by atoms with Crippen LogP contribution >= 0.6 is 0 Å². The van der Waals surface area contributed by atoms with E-state index in [0.717, 1.165) is 10.9 Å². The van der Waals surface area contributed by atoms with Gasteiger partial charge in [0.15, 0.2) is 0 Å². The van der Waals surface area contributed by atoms with Crippen LogP contribution in [0.25, 0.3) is 10.9 Å². The van der Waals surface area contributed by atoms with Crippen molar-refractivity contribution in [3.63, 3.8) is 0 Å². The van der Waals surface area contributed by atoms with E-state index in [4.69, 9.17) is 4.74 Å². The largest absolute Gasteiger partial charge is 0.492 e. The Bertz CT molecular complexity index is 1070. The van der Waals surface area contributed by atoms with Crippen LogP contribution in [0.2, 0.25) is 0 Å². The number of hydrogen-bond donors (Lipinski definition) is 0. The lowest BCUT2D eigenvalue weighted by atomic mass is 10.1. The first-order valence-corrected chi connectivity index (χ1v) is 9.74. The molecule has 3 aromatic rings. The molecule has 0 aliphatic carbocycles. The second-order valence-corrected chi connectivity index (χ2v) is 7.07. The van der Waals surface area contributed by atoms with Crippen LogP contribution in [0.3, 0.4) is 0 Å². The van der Waals surface area contributed by atoms with Crippen molar-refractivity contribution in [1.29, 1.82) is 0 Å². The van der Waals surface area contributed by atoms with Crippen molar-refractivity contribution in [3.05, 3.63) is 60.7 Å². The molecule has 29 heavy (non-hydrogen) atoms. The average Bonchev–Trinajstić information content (AvgIpc) is 3.14. The van der Waals surface area contributed by atoms with Gasteiger partial charge < -0.3 is 9.64 Å². The Morgan fingerprint density at radius 2 is 1.90 bits per heavy atom. The zero-order valence-electron chi connectivity index (χ0n) is 16.5. The smallest absolute Gasteiger partial charge is 0.233 e. The summed E-state index contributed by atoms with van der Waals surface area (Å²) >= 11 is 0.